The monoisotopic (exact) mass is 930 g/mol. The first kappa shape index (κ1) is 46.1. The van der Waals surface area contributed by atoms with Gasteiger partial charge in [0.1, 0.15) is 0 Å². The van der Waals surface area contributed by atoms with Gasteiger partial charge in [-0.2, -0.15) is 0 Å². The normalized spacial score (nSPS) is 20.8. The third kappa shape index (κ3) is 7.10. The first-order chi connectivity index (χ1) is 31.4. The highest BCUT2D eigenvalue weighted by Gasteiger charge is 2.51. The molecule has 4 aliphatic carbocycles. The number of hydrogen-bond acceptors (Lipinski definition) is 6. The first-order valence-electron chi connectivity index (χ1n) is 23.5. The van der Waals surface area contributed by atoms with Crippen LogP contribution in [-0.4, -0.2) is 23.1 Å². The van der Waals surface area contributed by atoms with Crippen LogP contribution in [0.25, 0.3) is 33.0 Å². The molecule has 0 amide bonds. The number of Topliss-reactive ketones (excluding diaryl/α,β-unsaturated/α-hetero) is 4. The molecule has 0 fully saturated rings. The molecule has 342 valence electrons. The lowest BCUT2D eigenvalue weighted by atomic mass is 9.65. The topological polar surface area (TPSA) is 68.3 Å². The highest BCUT2D eigenvalue weighted by atomic mass is 32.1. The lowest BCUT2D eigenvalue weighted by Gasteiger charge is -2.38. The standard InChI is InChI=1S/C56H54F4O4S2/c1-9-27(5)23-55(24-28(6)10-2)41-17-38-42(18-37(41)53-43(55)15-31(65-53)13-39-49(61)33-19-45(57)46(58)20-34(33)50(39)62)56(25-29(7)11-3,26-30(8)12-4)44-16-32(66-54(38)44)14-40-51(63)35-21-47(59)48(60)22-36(35)52(40)64/h13-22,27-30H,9-12,23-26H2,1-8H3. The summed E-state index contributed by atoms with van der Waals surface area (Å²) in [4.78, 5) is 58.3. The van der Waals surface area contributed by atoms with Gasteiger partial charge in [0, 0.05) is 52.6 Å². The van der Waals surface area contributed by atoms with Gasteiger partial charge in [0.2, 0.25) is 0 Å². The second-order valence-corrected chi connectivity index (χ2v) is 22.0. The van der Waals surface area contributed by atoms with E-state index in [2.05, 4.69) is 79.7 Å². The maximum atomic E-state index is 14.3. The maximum absolute atomic E-state index is 14.3. The van der Waals surface area contributed by atoms with Crippen molar-refractivity contribution in [3.63, 3.8) is 0 Å². The summed E-state index contributed by atoms with van der Waals surface area (Å²) in [5.74, 6) is -5.74. The molecule has 66 heavy (non-hydrogen) atoms. The largest absolute Gasteiger partial charge is 0.288 e. The van der Waals surface area contributed by atoms with E-state index < -0.39 is 57.2 Å². The van der Waals surface area contributed by atoms with Gasteiger partial charge in [-0.25, -0.2) is 17.6 Å². The number of fused-ring (bicyclic) bond motifs is 8. The molecular weight excluding hydrogens is 877 g/mol. The van der Waals surface area contributed by atoms with Crippen LogP contribution in [0.4, 0.5) is 17.6 Å². The lowest BCUT2D eigenvalue weighted by Crippen LogP contribution is -2.31. The molecule has 0 spiro atoms. The van der Waals surface area contributed by atoms with E-state index in [0.29, 0.717) is 23.7 Å². The van der Waals surface area contributed by atoms with Crippen LogP contribution >= 0.6 is 22.7 Å². The zero-order valence-electron chi connectivity index (χ0n) is 38.7. The van der Waals surface area contributed by atoms with Gasteiger partial charge in [-0.1, -0.05) is 81.1 Å². The van der Waals surface area contributed by atoms with E-state index in [1.54, 1.807) is 34.8 Å². The fraction of sp³-hybridized carbons (Fsp3) is 0.393. The molecule has 0 N–H and O–H groups in total. The summed E-state index contributed by atoms with van der Waals surface area (Å²) < 4.78 is 57.3. The summed E-state index contributed by atoms with van der Waals surface area (Å²) in [5, 5.41) is 0. The molecular formula is C56H54F4O4S2. The van der Waals surface area contributed by atoms with Gasteiger partial charge in [-0.3, -0.25) is 19.2 Å². The average molecular weight is 931 g/mol. The van der Waals surface area contributed by atoms with Crippen LogP contribution in [0.5, 0.6) is 0 Å². The van der Waals surface area contributed by atoms with Gasteiger partial charge < -0.3 is 0 Å². The van der Waals surface area contributed by atoms with Crippen LogP contribution in [0.3, 0.4) is 0 Å². The minimum Gasteiger partial charge on any atom is -0.288 e. The molecule has 2 aromatic heterocycles. The molecule has 0 saturated heterocycles. The van der Waals surface area contributed by atoms with Crippen molar-refractivity contribution in [1.29, 1.82) is 0 Å². The Balaban J connectivity index is 1.26. The third-order valence-electron chi connectivity index (χ3n) is 15.4. The molecule has 9 rings (SSSR count). The molecule has 4 unspecified atom stereocenters. The van der Waals surface area contributed by atoms with Crippen molar-refractivity contribution in [2.75, 3.05) is 0 Å². The number of carbonyl (C=O) groups is 4. The Morgan fingerprint density at radius 3 is 0.955 bits per heavy atom. The highest BCUT2D eigenvalue weighted by molar-refractivity contribution is 7.17. The second-order valence-electron chi connectivity index (χ2n) is 19.8. The van der Waals surface area contributed by atoms with Crippen LogP contribution in [0.2, 0.25) is 0 Å². The smallest absolute Gasteiger partial charge is 0.197 e. The second kappa shape index (κ2) is 16.9. The SMILES string of the molecule is CCC(C)CC1(CC(C)CC)c2cc3c(cc2-c2sc(C=C4C(=O)c5cc(F)c(F)cc5C4=O)cc21)C(CC(C)CC)(CC(C)CC)c1cc(C=C2C(=O)c4cc(F)c(F)cc4C2=O)sc1-3. The van der Waals surface area contributed by atoms with E-state index in [9.17, 15) is 36.7 Å². The summed E-state index contributed by atoms with van der Waals surface area (Å²) in [6, 6.07) is 12.4. The lowest BCUT2D eigenvalue weighted by molar-refractivity contribution is 0.0975. The quantitative estimate of drug-likeness (QED) is 0.0632. The molecule has 0 radical (unpaired) electrons. The molecule has 0 aliphatic heterocycles. The Morgan fingerprint density at radius 2 is 0.697 bits per heavy atom. The zero-order valence-corrected chi connectivity index (χ0v) is 40.3. The minimum absolute atomic E-state index is 0.0981. The van der Waals surface area contributed by atoms with Crippen molar-refractivity contribution in [3.05, 3.63) is 137 Å². The van der Waals surface area contributed by atoms with Crippen molar-refractivity contribution in [2.45, 2.75) is 118 Å². The first-order valence-corrected chi connectivity index (χ1v) is 25.1. The van der Waals surface area contributed by atoms with Gasteiger partial charge in [-0.05, 0) is 143 Å². The summed E-state index contributed by atoms with van der Waals surface area (Å²) in [6.07, 6.45) is 10.6. The van der Waals surface area contributed by atoms with Crippen molar-refractivity contribution >= 4 is 58.0 Å². The van der Waals surface area contributed by atoms with Gasteiger partial charge in [-0.15, -0.1) is 22.7 Å². The number of hydrogen-bond donors (Lipinski definition) is 0. The molecule has 3 aromatic carbocycles. The Kier molecular flexibility index (Phi) is 11.8. The Morgan fingerprint density at radius 1 is 0.424 bits per heavy atom. The number of halogens is 4. The summed E-state index contributed by atoms with van der Waals surface area (Å²) in [6.45, 7) is 18.0. The van der Waals surface area contributed by atoms with E-state index in [4.69, 9.17) is 0 Å². The van der Waals surface area contributed by atoms with Gasteiger partial charge in [0.05, 0.1) is 11.1 Å². The number of carbonyl (C=O) groups excluding carboxylic acids is 4. The highest BCUT2D eigenvalue weighted by Crippen LogP contribution is 2.64. The maximum Gasteiger partial charge on any atom is 0.197 e. The Bertz CT molecular complexity index is 2670. The predicted molar refractivity (Wildman–Crippen MR) is 257 cm³/mol. The number of allylic oxidation sites excluding steroid dienone is 2. The van der Waals surface area contributed by atoms with Crippen LogP contribution in [0.1, 0.15) is 180 Å². The third-order valence-corrected chi connectivity index (χ3v) is 17.7. The van der Waals surface area contributed by atoms with Crippen LogP contribution in [0.15, 0.2) is 59.7 Å². The number of ketones is 4. The van der Waals surface area contributed by atoms with Crippen LogP contribution in [0, 0.1) is 46.9 Å². The van der Waals surface area contributed by atoms with Gasteiger partial charge >= 0.3 is 0 Å². The number of thiophene rings is 2. The van der Waals surface area contributed by atoms with E-state index in [1.807, 2.05) is 0 Å². The number of rotatable bonds is 14. The van der Waals surface area contributed by atoms with Crippen molar-refractivity contribution in [1.82, 2.24) is 0 Å². The van der Waals surface area contributed by atoms with Gasteiger partial charge in [0.25, 0.3) is 0 Å². The summed E-state index contributed by atoms with van der Waals surface area (Å²) >= 11 is 3.11. The molecule has 4 nitrogen and oxygen atoms in total. The zero-order chi connectivity index (χ0) is 47.3. The summed E-state index contributed by atoms with van der Waals surface area (Å²) in [7, 11) is 0. The fourth-order valence-electron chi connectivity index (χ4n) is 11.3. The van der Waals surface area contributed by atoms with Crippen LogP contribution in [-0.2, 0) is 10.8 Å². The van der Waals surface area contributed by atoms with Crippen molar-refractivity contribution < 1.29 is 36.7 Å². The average Bonchev–Trinajstić information content (AvgIpc) is 4.10. The van der Waals surface area contributed by atoms with E-state index in [1.165, 1.54) is 22.3 Å². The molecule has 0 bridgehead atoms. The van der Waals surface area contributed by atoms with Gasteiger partial charge in [0.15, 0.2) is 46.4 Å². The molecule has 4 aliphatic rings. The molecule has 2 heterocycles. The summed E-state index contributed by atoms with van der Waals surface area (Å²) in [5.41, 5.74) is 5.60. The van der Waals surface area contributed by atoms with Crippen LogP contribution < -0.4 is 0 Å². The molecule has 4 atom stereocenters. The predicted octanol–water partition coefficient (Wildman–Crippen LogP) is 15.6. The number of benzene rings is 3. The molecule has 0 saturated carbocycles. The minimum atomic E-state index is -1.17. The fourth-order valence-corrected chi connectivity index (χ4v) is 13.8. The van der Waals surface area contributed by atoms with Crippen molar-refractivity contribution in [2.24, 2.45) is 23.7 Å². The Hall–Kier alpha value is -5.06. The van der Waals surface area contributed by atoms with E-state index in [0.717, 1.165) is 106 Å². The molecule has 5 aromatic rings. The van der Waals surface area contributed by atoms with E-state index in [-0.39, 0.29) is 33.4 Å². The van der Waals surface area contributed by atoms with E-state index >= 15 is 0 Å². The Labute approximate surface area is 392 Å². The molecule has 10 heteroatoms. The van der Waals surface area contributed by atoms with Crippen molar-refractivity contribution in [3.8, 4) is 20.9 Å².